The van der Waals surface area contributed by atoms with E-state index in [2.05, 4.69) is 27.5 Å². The van der Waals surface area contributed by atoms with Gasteiger partial charge in [0.05, 0.1) is 6.54 Å². The van der Waals surface area contributed by atoms with Crippen LogP contribution in [0, 0.1) is 0 Å². The Labute approximate surface area is 97.4 Å². The van der Waals surface area contributed by atoms with Gasteiger partial charge in [0.25, 0.3) is 0 Å². The van der Waals surface area contributed by atoms with Crippen LogP contribution in [-0.2, 0) is 0 Å². The SMILES string of the molecule is O=C(CN1CC(I)C1)c1ccccc1. The summed E-state index contributed by atoms with van der Waals surface area (Å²) in [6.07, 6.45) is 0. The molecule has 0 aliphatic carbocycles. The van der Waals surface area contributed by atoms with E-state index in [4.69, 9.17) is 0 Å². The van der Waals surface area contributed by atoms with Gasteiger partial charge in [0, 0.05) is 22.6 Å². The third kappa shape index (κ3) is 2.33. The van der Waals surface area contributed by atoms with Crippen LogP contribution in [0.3, 0.4) is 0 Å². The molecule has 0 amide bonds. The molecule has 3 heteroatoms. The number of benzene rings is 1. The molecule has 1 aromatic rings. The highest BCUT2D eigenvalue weighted by Gasteiger charge is 2.25. The summed E-state index contributed by atoms with van der Waals surface area (Å²) in [6, 6.07) is 9.50. The zero-order valence-corrected chi connectivity index (χ0v) is 9.98. The van der Waals surface area contributed by atoms with Crippen molar-refractivity contribution in [2.24, 2.45) is 0 Å². The Hall–Kier alpha value is -0.420. The van der Waals surface area contributed by atoms with Crippen LogP contribution in [0.5, 0.6) is 0 Å². The second kappa shape index (κ2) is 4.40. The fraction of sp³-hybridized carbons (Fsp3) is 0.364. The minimum absolute atomic E-state index is 0.230. The molecule has 14 heavy (non-hydrogen) atoms. The Kier molecular flexibility index (Phi) is 3.18. The summed E-state index contributed by atoms with van der Waals surface area (Å²) < 4.78 is 0.733. The zero-order valence-electron chi connectivity index (χ0n) is 7.82. The van der Waals surface area contributed by atoms with E-state index in [1.807, 2.05) is 30.3 Å². The molecule has 0 N–H and O–H groups in total. The third-order valence-corrected chi connectivity index (χ3v) is 3.16. The van der Waals surface area contributed by atoms with Gasteiger partial charge in [-0.15, -0.1) is 0 Å². The normalized spacial score (nSPS) is 17.8. The number of ketones is 1. The van der Waals surface area contributed by atoms with Crippen molar-refractivity contribution in [3.05, 3.63) is 35.9 Å². The van der Waals surface area contributed by atoms with Gasteiger partial charge in [-0.3, -0.25) is 9.69 Å². The van der Waals surface area contributed by atoms with Crippen molar-refractivity contribution >= 4 is 28.4 Å². The number of hydrogen-bond donors (Lipinski definition) is 0. The molecule has 74 valence electrons. The number of rotatable bonds is 3. The van der Waals surface area contributed by atoms with E-state index in [9.17, 15) is 4.79 Å². The van der Waals surface area contributed by atoms with E-state index in [1.54, 1.807) is 0 Å². The Morgan fingerprint density at radius 2 is 2.00 bits per heavy atom. The summed E-state index contributed by atoms with van der Waals surface area (Å²) in [4.78, 5) is 13.9. The van der Waals surface area contributed by atoms with Crippen LogP contribution in [0.25, 0.3) is 0 Å². The van der Waals surface area contributed by atoms with E-state index in [1.165, 1.54) is 0 Å². The Morgan fingerprint density at radius 1 is 1.36 bits per heavy atom. The van der Waals surface area contributed by atoms with Crippen LogP contribution in [0.1, 0.15) is 10.4 Å². The molecule has 1 aliphatic rings. The number of hydrogen-bond acceptors (Lipinski definition) is 2. The number of carbonyl (C=O) groups excluding carboxylic acids is 1. The lowest BCUT2D eigenvalue weighted by Gasteiger charge is -2.35. The molecule has 1 fully saturated rings. The Bertz CT molecular complexity index is 319. The van der Waals surface area contributed by atoms with Crippen molar-refractivity contribution in [2.75, 3.05) is 19.6 Å². The standard InChI is InChI=1S/C11H12INO/c12-10-6-13(7-10)8-11(14)9-4-2-1-3-5-9/h1-5,10H,6-8H2. The van der Waals surface area contributed by atoms with Crippen LogP contribution in [0.2, 0.25) is 0 Å². The molecule has 0 radical (unpaired) electrons. The minimum Gasteiger partial charge on any atom is -0.294 e. The molecular weight excluding hydrogens is 289 g/mol. The largest absolute Gasteiger partial charge is 0.294 e. The van der Waals surface area contributed by atoms with Gasteiger partial charge in [-0.2, -0.15) is 0 Å². The molecule has 0 bridgehead atoms. The minimum atomic E-state index is 0.230. The molecule has 0 unspecified atom stereocenters. The topological polar surface area (TPSA) is 20.3 Å². The quantitative estimate of drug-likeness (QED) is 0.483. The van der Waals surface area contributed by atoms with Crippen molar-refractivity contribution < 1.29 is 4.79 Å². The smallest absolute Gasteiger partial charge is 0.176 e. The lowest BCUT2D eigenvalue weighted by Crippen LogP contribution is -2.49. The van der Waals surface area contributed by atoms with Crippen LogP contribution < -0.4 is 0 Å². The maximum Gasteiger partial charge on any atom is 0.176 e. The van der Waals surface area contributed by atoms with Gasteiger partial charge in [0.2, 0.25) is 0 Å². The van der Waals surface area contributed by atoms with E-state index in [-0.39, 0.29) is 5.78 Å². The molecule has 0 saturated carbocycles. The average molecular weight is 301 g/mol. The van der Waals surface area contributed by atoms with Gasteiger partial charge in [-0.05, 0) is 0 Å². The molecule has 1 saturated heterocycles. The van der Waals surface area contributed by atoms with Crippen molar-refractivity contribution in [2.45, 2.75) is 3.92 Å². The summed E-state index contributed by atoms with van der Waals surface area (Å²) in [7, 11) is 0. The van der Waals surface area contributed by atoms with Crippen LogP contribution >= 0.6 is 22.6 Å². The third-order valence-electron chi connectivity index (χ3n) is 2.38. The Morgan fingerprint density at radius 3 is 2.57 bits per heavy atom. The number of carbonyl (C=O) groups is 1. The van der Waals surface area contributed by atoms with E-state index in [0.717, 1.165) is 22.6 Å². The first-order valence-electron chi connectivity index (χ1n) is 4.70. The van der Waals surface area contributed by atoms with E-state index < -0.39 is 0 Å². The highest BCUT2D eigenvalue weighted by Crippen LogP contribution is 2.16. The molecule has 2 nitrogen and oxygen atoms in total. The molecular formula is C11H12INO. The number of halogens is 1. The van der Waals surface area contributed by atoms with Gasteiger partial charge in [0.15, 0.2) is 5.78 Å². The van der Waals surface area contributed by atoms with Crippen molar-refractivity contribution in [1.29, 1.82) is 0 Å². The molecule has 0 spiro atoms. The van der Waals surface area contributed by atoms with Crippen LogP contribution in [-0.4, -0.2) is 34.2 Å². The second-order valence-corrected chi connectivity index (χ2v) is 5.34. The Balaban J connectivity index is 1.90. The number of likely N-dealkylation sites (tertiary alicyclic amines) is 1. The van der Waals surface area contributed by atoms with Gasteiger partial charge in [-0.25, -0.2) is 0 Å². The van der Waals surface area contributed by atoms with E-state index in [0.29, 0.717) is 6.54 Å². The molecule has 1 aliphatic heterocycles. The highest BCUT2D eigenvalue weighted by molar-refractivity contribution is 14.1. The lowest BCUT2D eigenvalue weighted by atomic mass is 10.1. The van der Waals surface area contributed by atoms with E-state index >= 15 is 0 Å². The van der Waals surface area contributed by atoms with Crippen LogP contribution in [0.15, 0.2) is 30.3 Å². The summed E-state index contributed by atoms with van der Waals surface area (Å²) in [5, 5.41) is 0. The van der Waals surface area contributed by atoms with Gasteiger partial charge in [0.1, 0.15) is 0 Å². The van der Waals surface area contributed by atoms with Crippen LogP contribution in [0.4, 0.5) is 0 Å². The lowest BCUT2D eigenvalue weighted by molar-refractivity contribution is 0.0889. The fourth-order valence-electron chi connectivity index (χ4n) is 1.55. The van der Waals surface area contributed by atoms with Gasteiger partial charge >= 0.3 is 0 Å². The first kappa shape index (κ1) is 10.1. The molecule has 2 rings (SSSR count). The molecule has 0 atom stereocenters. The van der Waals surface area contributed by atoms with Crippen molar-refractivity contribution in [1.82, 2.24) is 4.90 Å². The zero-order chi connectivity index (χ0) is 9.97. The summed E-state index contributed by atoms with van der Waals surface area (Å²) >= 11 is 2.42. The summed E-state index contributed by atoms with van der Waals surface area (Å²) in [5.74, 6) is 0.230. The predicted octanol–water partition coefficient (Wildman–Crippen LogP) is 1.99. The van der Waals surface area contributed by atoms with Gasteiger partial charge < -0.3 is 0 Å². The van der Waals surface area contributed by atoms with Crippen molar-refractivity contribution in [3.63, 3.8) is 0 Å². The molecule has 1 heterocycles. The number of nitrogens with zero attached hydrogens (tertiary/aromatic N) is 1. The maximum atomic E-state index is 11.7. The second-order valence-electron chi connectivity index (χ2n) is 3.58. The predicted molar refractivity (Wildman–Crippen MR) is 65.0 cm³/mol. The molecule has 1 aromatic carbocycles. The summed E-state index contributed by atoms with van der Waals surface area (Å²) in [5.41, 5.74) is 0.824. The summed E-state index contributed by atoms with van der Waals surface area (Å²) in [6.45, 7) is 2.68. The first-order chi connectivity index (χ1) is 6.75. The number of Topliss-reactive ketones (excluding diaryl/α,β-unsaturated/α-hetero) is 1. The fourth-order valence-corrected chi connectivity index (χ4v) is 2.67. The van der Waals surface area contributed by atoms with Crippen molar-refractivity contribution in [3.8, 4) is 0 Å². The molecule has 0 aromatic heterocycles. The number of alkyl halides is 1. The average Bonchev–Trinajstić information content (AvgIpc) is 2.17. The monoisotopic (exact) mass is 301 g/mol. The first-order valence-corrected chi connectivity index (χ1v) is 5.95. The highest BCUT2D eigenvalue weighted by atomic mass is 127. The van der Waals surface area contributed by atoms with Gasteiger partial charge in [-0.1, -0.05) is 52.9 Å². The maximum absolute atomic E-state index is 11.7.